The largest absolute Gasteiger partial charge is 0.493 e. The Hall–Kier alpha value is -2.54. The number of ether oxygens (including phenoxy) is 1. The van der Waals surface area contributed by atoms with E-state index in [0.29, 0.717) is 18.8 Å². The van der Waals surface area contributed by atoms with Crippen molar-refractivity contribution < 1.29 is 17.9 Å². The van der Waals surface area contributed by atoms with E-state index in [-0.39, 0.29) is 16.7 Å². The first-order valence-corrected chi connectivity index (χ1v) is 12.5. The number of rotatable bonds is 6. The zero-order chi connectivity index (χ0) is 22.2. The molecule has 0 aromatic heterocycles. The lowest BCUT2D eigenvalue weighted by Gasteiger charge is -2.22. The number of fused-ring (bicyclic) bond motifs is 1. The van der Waals surface area contributed by atoms with Crippen LogP contribution in [0.1, 0.15) is 49.3 Å². The molecule has 0 unspecified atom stereocenters. The third kappa shape index (κ3) is 4.28. The summed E-state index contributed by atoms with van der Waals surface area (Å²) in [6, 6.07) is 8.74. The van der Waals surface area contributed by atoms with Crippen molar-refractivity contribution >= 4 is 27.3 Å². The smallest absolute Gasteiger partial charge is 0.261 e. The highest BCUT2D eigenvalue weighted by molar-refractivity contribution is 7.92. The third-order valence-corrected chi connectivity index (χ3v) is 7.60. The van der Waals surface area contributed by atoms with Gasteiger partial charge in [0.25, 0.3) is 10.0 Å². The second kappa shape index (κ2) is 8.54. The maximum Gasteiger partial charge on any atom is 0.261 e. The van der Waals surface area contributed by atoms with Gasteiger partial charge in [-0.1, -0.05) is 18.9 Å². The molecule has 2 aromatic rings. The Balaban J connectivity index is 1.59. The Morgan fingerprint density at radius 3 is 2.45 bits per heavy atom. The van der Waals surface area contributed by atoms with Gasteiger partial charge in [-0.25, -0.2) is 8.42 Å². The van der Waals surface area contributed by atoms with Crippen LogP contribution in [0.3, 0.4) is 0 Å². The van der Waals surface area contributed by atoms with E-state index in [4.69, 9.17) is 4.74 Å². The first-order chi connectivity index (χ1) is 14.8. The van der Waals surface area contributed by atoms with Gasteiger partial charge in [0, 0.05) is 18.2 Å². The fourth-order valence-electron chi connectivity index (χ4n) is 4.72. The minimum atomic E-state index is -3.77. The van der Waals surface area contributed by atoms with Gasteiger partial charge in [0.1, 0.15) is 5.75 Å². The molecular weight excluding hydrogens is 412 g/mol. The van der Waals surface area contributed by atoms with Crippen molar-refractivity contribution in [2.75, 3.05) is 22.8 Å². The van der Waals surface area contributed by atoms with Gasteiger partial charge in [-0.3, -0.25) is 9.52 Å². The Morgan fingerprint density at radius 1 is 1.13 bits per heavy atom. The molecule has 1 amide bonds. The van der Waals surface area contributed by atoms with E-state index >= 15 is 0 Å². The molecule has 6 nitrogen and oxygen atoms in total. The number of carbonyl (C=O) groups excluding carboxylic acids is 1. The van der Waals surface area contributed by atoms with E-state index in [1.54, 1.807) is 24.3 Å². The van der Waals surface area contributed by atoms with Crippen LogP contribution in [-0.4, -0.2) is 27.5 Å². The SMILES string of the molecule is CCOc1c(C)cc(S(=O)(=O)Nc2ccc3c(c2)N(C(=O)C2CCCC2)CC3)cc1C. The summed E-state index contributed by atoms with van der Waals surface area (Å²) in [5, 5.41) is 0. The summed E-state index contributed by atoms with van der Waals surface area (Å²) in [5.74, 6) is 0.996. The Bertz CT molecular complexity index is 1080. The number of aryl methyl sites for hydroxylation is 2. The van der Waals surface area contributed by atoms with Gasteiger partial charge in [0.05, 0.1) is 17.2 Å². The van der Waals surface area contributed by atoms with Crippen molar-refractivity contribution in [3.05, 3.63) is 47.0 Å². The summed E-state index contributed by atoms with van der Waals surface area (Å²) >= 11 is 0. The number of nitrogens with one attached hydrogen (secondary N) is 1. The average Bonchev–Trinajstić information content (AvgIpc) is 3.39. The molecule has 0 radical (unpaired) electrons. The van der Waals surface area contributed by atoms with Crippen LogP contribution < -0.4 is 14.4 Å². The molecule has 1 saturated carbocycles. The highest BCUT2D eigenvalue weighted by Gasteiger charge is 2.32. The molecule has 1 aliphatic carbocycles. The summed E-state index contributed by atoms with van der Waals surface area (Å²) in [7, 11) is -3.77. The predicted octanol–water partition coefficient (Wildman–Crippen LogP) is 4.58. The van der Waals surface area contributed by atoms with Gasteiger partial charge in [-0.15, -0.1) is 0 Å². The number of sulfonamides is 1. The van der Waals surface area contributed by atoms with Crippen LogP contribution in [0.25, 0.3) is 0 Å². The van der Waals surface area contributed by atoms with E-state index in [9.17, 15) is 13.2 Å². The lowest BCUT2D eigenvalue weighted by Crippen LogP contribution is -2.33. The standard InChI is InChI=1S/C24H30N2O4S/c1-4-30-23-16(2)13-21(14-17(23)3)31(28,29)25-20-10-9-18-11-12-26(22(18)15-20)24(27)19-7-5-6-8-19/h9-10,13-15,19,25H,4-8,11-12H2,1-3H3. The maximum atomic E-state index is 13.1. The van der Waals surface area contributed by atoms with Gasteiger partial charge in [-0.2, -0.15) is 0 Å². The molecule has 7 heteroatoms. The number of anilines is 2. The van der Waals surface area contributed by atoms with Gasteiger partial charge in [-0.05, 0) is 81.0 Å². The van der Waals surface area contributed by atoms with E-state index < -0.39 is 10.0 Å². The number of nitrogens with zero attached hydrogens (tertiary/aromatic N) is 1. The lowest BCUT2D eigenvalue weighted by atomic mass is 10.1. The van der Waals surface area contributed by atoms with Gasteiger partial charge >= 0.3 is 0 Å². The van der Waals surface area contributed by atoms with Crippen LogP contribution >= 0.6 is 0 Å². The number of benzene rings is 2. The Kier molecular flexibility index (Phi) is 5.97. The molecule has 0 saturated heterocycles. The van der Waals surface area contributed by atoms with Crippen LogP contribution in [0.2, 0.25) is 0 Å². The van der Waals surface area contributed by atoms with Crippen molar-refractivity contribution in [3.8, 4) is 5.75 Å². The molecule has 166 valence electrons. The first-order valence-electron chi connectivity index (χ1n) is 11.0. The minimum absolute atomic E-state index is 0.0982. The normalized spacial score (nSPS) is 16.4. The van der Waals surface area contributed by atoms with Crippen LogP contribution in [0.15, 0.2) is 35.2 Å². The second-order valence-electron chi connectivity index (χ2n) is 8.49. The molecule has 2 aromatic carbocycles. The molecule has 1 aliphatic heterocycles. The lowest BCUT2D eigenvalue weighted by molar-refractivity contribution is -0.122. The summed E-state index contributed by atoms with van der Waals surface area (Å²) in [6.07, 6.45) is 4.93. The summed E-state index contributed by atoms with van der Waals surface area (Å²) in [6.45, 7) is 6.78. The second-order valence-corrected chi connectivity index (χ2v) is 10.2. The van der Waals surface area contributed by atoms with Crippen molar-refractivity contribution in [3.63, 3.8) is 0 Å². The predicted molar refractivity (Wildman–Crippen MR) is 122 cm³/mol. The van der Waals surface area contributed by atoms with E-state index in [0.717, 1.165) is 60.2 Å². The number of hydrogen-bond donors (Lipinski definition) is 1. The number of amides is 1. The summed E-state index contributed by atoms with van der Waals surface area (Å²) in [5.41, 5.74) is 3.95. The third-order valence-electron chi connectivity index (χ3n) is 6.24. The van der Waals surface area contributed by atoms with E-state index in [2.05, 4.69) is 4.72 Å². The number of hydrogen-bond acceptors (Lipinski definition) is 4. The van der Waals surface area contributed by atoms with Crippen molar-refractivity contribution in [1.29, 1.82) is 0 Å². The molecular formula is C24H30N2O4S. The van der Waals surface area contributed by atoms with Crippen molar-refractivity contribution in [2.24, 2.45) is 5.92 Å². The van der Waals surface area contributed by atoms with E-state index in [1.807, 2.05) is 31.7 Å². The molecule has 2 aliphatic rings. The summed E-state index contributed by atoms with van der Waals surface area (Å²) < 4.78 is 34.5. The molecule has 0 atom stereocenters. The molecule has 1 fully saturated rings. The zero-order valence-corrected chi connectivity index (χ0v) is 19.2. The molecule has 1 N–H and O–H groups in total. The van der Waals surface area contributed by atoms with E-state index in [1.165, 1.54) is 0 Å². The fourth-order valence-corrected chi connectivity index (χ4v) is 5.94. The van der Waals surface area contributed by atoms with Crippen LogP contribution in [0.5, 0.6) is 5.75 Å². The first kappa shape index (κ1) is 21.7. The number of carbonyl (C=O) groups is 1. The highest BCUT2D eigenvalue weighted by Crippen LogP contribution is 2.36. The monoisotopic (exact) mass is 442 g/mol. The fraction of sp³-hybridized carbons (Fsp3) is 0.458. The molecule has 4 rings (SSSR count). The van der Waals surface area contributed by atoms with Crippen molar-refractivity contribution in [2.45, 2.75) is 57.8 Å². The van der Waals surface area contributed by atoms with Crippen LogP contribution in [0.4, 0.5) is 11.4 Å². The van der Waals surface area contributed by atoms with Gasteiger partial charge < -0.3 is 9.64 Å². The molecule has 1 heterocycles. The minimum Gasteiger partial charge on any atom is -0.493 e. The van der Waals surface area contributed by atoms with Crippen LogP contribution in [0, 0.1) is 19.8 Å². The zero-order valence-electron chi connectivity index (χ0n) is 18.4. The highest BCUT2D eigenvalue weighted by atomic mass is 32.2. The quantitative estimate of drug-likeness (QED) is 0.710. The molecule has 31 heavy (non-hydrogen) atoms. The Morgan fingerprint density at radius 2 is 1.81 bits per heavy atom. The molecule has 0 spiro atoms. The van der Waals surface area contributed by atoms with Crippen LogP contribution in [-0.2, 0) is 21.2 Å². The topological polar surface area (TPSA) is 75.7 Å². The van der Waals surface area contributed by atoms with Gasteiger partial charge in [0.2, 0.25) is 5.91 Å². The maximum absolute atomic E-state index is 13.1. The average molecular weight is 443 g/mol. The van der Waals surface area contributed by atoms with Crippen molar-refractivity contribution in [1.82, 2.24) is 0 Å². The molecule has 0 bridgehead atoms. The Labute approximate surface area is 184 Å². The van der Waals surface area contributed by atoms with Gasteiger partial charge in [0.15, 0.2) is 0 Å². The summed E-state index contributed by atoms with van der Waals surface area (Å²) in [4.78, 5) is 15.0.